The molecule has 2 N–H and O–H groups in total. The molecule has 0 spiro atoms. The van der Waals surface area contributed by atoms with Gasteiger partial charge in [-0.3, -0.25) is 0 Å². The van der Waals surface area contributed by atoms with E-state index in [2.05, 4.69) is 4.99 Å². The average molecular weight is 134 g/mol. The number of hydrogen-bond acceptors (Lipinski definition) is 3. The molecular formula is C7H6N2O. The first-order valence-corrected chi connectivity index (χ1v) is 2.76. The molecule has 0 aliphatic rings. The van der Waals surface area contributed by atoms with Gasteiger partial charge in [-0.05, 0) is 24.3 Å². The second-order valence-corrected chi connectivity index (χ2v) is 1.79. The summed E-state index contributed by atoms with van der Waals surface area (Å²) in [7, 11) is 0. The summed E-state index contributed by atoms with van der Waals surface area (Å²) >= 11 is 0. The first-order chi connectivity index (χ1) is 4.83. The maximum absolute atomic E-state index is 9.74. The zero-order valence-electron chi connectivity index (χ0n) is 5.24. The minimum absolute atomic E-state index is 0.573. The molecule has 1 aromatic rings. The highest BCUT2D eigenvalue weighted by molar-refractivity contribution is 5.52. The number of anilines is 1. The molecule has 0 saturated heterocycles. The van der Waals surface area contributed by atoms with Gasteiger partial charge < -0.3 is 5.73 Å². The summed E-state index contributed by atoms with van der Waals surface area (Å²) in [5, 5.41) is 0. The predicted molar refractivity (Wildman–Crippen MR) is 38.6 cm³/mol. The maximum atomic E-state index is 9.74. The van der Waals surface area contributed by atoms with E-state index >= 15 is 0 Å². The van der Waals surface area contributed by atoms with Crippen molar-refractivity contribution in [2.75, 3.05) is 5.73 Å². The van der Waals surface area contributed by atoms with Crippen LogP contribution in [0, 0.1) is 0 Å². The number of rotatable bonds is 1. The van der Waals surface area contributed by atoms with Gasteiger partial charge in [-0.1, -0.05) is 0 Å². The Balaban J connectivity index is 3.00. The molecule has 0 aromatic heterocycles. The highest BCUT2D eigenvalue weighted by atomic mass is 16.1. The number of isocyanates is 1. The van der Waals surface area contributed by atoms with E-state index in [4.69, 9.17) is 5.73 Å². The lowest BCUT2D eigenvalue weighted by molar-refractivity contribution is 0.565. The monoisotopic (exact) mass is 134 g/mol. The minimum Gasteiger partial charge on any atom is -0.399 e. The lowest BCUT2D eigenvalue weighted by atomic mass is 10.3. The van der Waals surface area contributed by atoms with E-state index < -0.39 is 0 Å². The highest BCUT2D eigenvalue weighted by Gasteiger charge is 1.85. The van der Waals surface area contributed by atoms with Crippen LogP contribution in [0.4, 0.5) is 11.4 Å². The van der Waals surface area contributed by atoms with Crippen molar-refractivity contribution >= 4 is 17.5 Å². The molecule has 3 nitrogen and oxygen atoms in total. The first-order valence-electron chi connectivity index (χ1n) is 2.76. The fraction of sp³-hybridized carbons (Fsp3) is 0. The van der Waals surface area contributed by atoms with E-state index in [0.29, 0.717) is 11.4 Å². The molecule has 0 aliphatic heterocycles. The van der Waals surface area contributed by atoms with Crippen LogP contribution in [-0.2, 0) is 4.79 Å². The number of carbonyl (C=O) groups excluding carboxylic acids is 1. The lowest BCUT2D eigenvalue weighted by Crippen LogP contribution is -1.80. The molecule has 1 rings (SSSR count). The molecule has 1 aromatic carbocycles. The van der Waals surface area contributed by atoms with Crippen LogP contribution in [0.1, 0.15) is 0 Å². The van der Waals surface area contributed by atoms with Gasteiger partial charge in [-0.15, -0.1) is 0 Å². The maximum Gasteiger partial charge on any atom is 0.240 e. The number of nitrogen functional groups attached to an aromatic ring is 1. The van der Waals surface area contributed by atoms with Gasteiger partial charge in [0.25, 0.3) is 0 Å². The molecule has 10 heavy (non-hydrogen) atoms. The van der Waals surface area contributed by atoms with Gasteiger partial charge in [0.1, 0.15) is 0 Å². The van der Waals surface area contributed by atoms with Crippen LogP contribution in [0.15, 0.2) is 29.3 Å². The van der Waals surface area contributed by atoms with Crippen molar-refractivity contribution in [1.29, 1.82) is 0 Å². The number of benzene rings is 1. The Bertz CT molecular complexity index is 259. The summed E-state index contributed by atoms with van der Waals surface area (Å²) < 4.78 is 0. The summed E-state index contributed by atoms with van der Waals surface area (Å²) in [5.74, 6) is 0. The number of nitrogens with two attached hydrogens (primary N) is 1. The largest absolute Gasteiger partial charge is 0.399 e. The van der Waals surface area contributed by atoms with Crippen LogP contribution in [0.2, 0.25) is 0 Å². The van der Waals surface area contributed by atoms with Crippen LogP contribution >= 0.6 is 0 Å². The Morgan fingerprint density at radius 2 is 1.90 bits per heavy atom. The van der Waals surface area contributed by atoms with E-state index in [1.54, 1.807) is 24.3 Å². The van der Waals surface area contributed by atoms with Crippen LogP contribution in [0.5, 0.6) is 0 Å². The fourth-order valence-corrected chi connectivity index (χ4v) is 0.602. The first kappa shape index (κ1) is 6.52. The van der Waals surface area contributed by atoms with Crippen molar-refractivity contribution in [3.8, 4) is 0 Å². The fourth-order valence-electron chi connectivity index (χ4n) is 0.602. The molecule has 0 unspecified atom stereocenters. The smallest absolute Gasteiger partial charge is 0.240 e. The topological polar surface area (TPSA) is 55.4 Å². The Hall–Kier alpha value is -1.60. The van der Waals surface area contributed by atoms with E-state index in [9.17, 15) is 4.79 Å². The Morgan fingerprint density at radius 3 is 2.40 bits per heavy atom. The van der Waals surface area contributed by atoms with Gasteiger partial charge in [-0.2, -0.15) is 4.99 Å². The molecule has 3 heteroatoms. The van der Waals surface area contributed by atoms with Crippen LogP contribution in [-0.4, -0.2) is 6.08 Å². The molecule has 0 radical (unpaired) electrons. The van der Waals surface area contributed by atoms with E-state index in [0.717, 1.165) is 0 Å². The Labute approximate surface area is 58.2 Å². The zero-order valence-corrected chi connectivity index (χ0v) is 5.24. The molecule has 0 aliphatic carbocycles. The molecule has 0 atom stereocenters. The number of hydrogen-bond donors (Lipinski definition) is 1. The second kappa shape index (κ2) is 2.80. The van der Waals surface area contributed by atoms with E-state index in [1.165, 1.54) is 6.08 Å². The molecule has 0 saturated carbocycles. The third-order valence-electron chi connectivity index (χ3n) is 1.07. The van der Waals surface area contributed by atoms with Crippen molar-refractivity contribution in [3.05, 3.63) is 24.3 Å². The van der Waals surface area contributed by atoms with Crippen molar-refractivity contribution in [2.45, 2.75) is 0 Å². The summed E-state index contributed by atoms with van der Waals surface area (Å²) in [6.45, 7) is 0. The minimum atomic E-state index is 0.573. The van der Waals surface area contributed by atoms with Crippen LogP contribution in [0.25, 0.3) is 0 Å². The summed E-state index contributed by atoms with van der Waals surface area (Å²) in [6, 6.07) is 6.66. The second-order valence-electron chi connectivity index (χ2n) is 1.79. The SMILES string of the molecule is Nc1ccc(N=C=O)cc1. The van der Waals surface area contributed by atoms with E-state index in [-0.39, 0.29) is 0 Å². The van der Waals surface area contributed by atoms with Crippen molar-refractivity contribution in [1.82, 2.24) is 0 Å². The Kier molecular flexibility index (Phi) is 1.83. The molecule has 0 bridgehead atoms. The Morgan fingerprint density at radius 1 is 1.30 bits per heavy atom. The van der Waals surface area contributed by atoms with E-state index in [1.807, 2.05) is 0 Å². The van der Waals surface area contributed by atoms with Gasteiger partial charge in [0.2, 0.25) is 6.08 Å². The molecule has 50 valence electrons. The summed E-state index contributed by atoms with van der Waals surface area (Å²) in [6.07, 6.45) is 1.44. The molecule has 0 heterocycles. The molecule has 0 amide bonds. The van der Waals surface area contributed by atoms with Crippen molar-refractivity contribution < 1.29 is 4.79 Å². The standard InChI is InChI=1S/C7H6N2O/c8-6-1-3-7(4-2-6)9-5-10/h1-4H,8H2. The number of aliphatic imine (C=N–C) groups is 1. The lowest BCUT2D eigenvalue weighted by Gasteiger charge is -1.90. The van der Waals surface area contributed by atoms with Gasteiger partial charge in [0.15, 0.2) is 0 Å². The van der Waals surface area contributed by atoms with Gasteiger partial charge in [0, 0.05) is 5.69 Å². The quantitative estimate of drug-likeness (QED) is 0.357. The average Bonchev–Trinajstić information content (AvgIpc) is 1.95. The third kappa shape index (κ3) is 1.44. The van der Waals surface area contributed by atoms with Gasteiger partial charge in [0.05, 0.1) is 5.69 Å². The number of nitrogens with zero attached hydrogens (tertiary/aromatic N) is 1. The molecular weight excluding hydrogens is 128 g/mol. The molecule has 0 fully saturated rings. The van der Waals surface area contributed by atoms with Crippen molar-refractivity contribution in [3.63, 3.8) is 0 Å². The predicted octanol–water partition coefficient (Wildman–Crippen LogP) is 1.24. The normalized spacial score (nSPS) is 8.40. The summed E-state index contributed by atoms with van der Waals surface area (Å²) in [4.78, 5) is 13.1. The van der Waals surface area contributed by atoms with Crippen LogP contribution < -0.4 is 5.73 Å². The third-order valence-corrected chi connectivity index (χ3v) is 1.07. The van der Waals surface area contributed by atoms with Crippen molar-refractivity contribution in [2.24, 2.45) is 4.99 Å². The zero-order chi connectivity index (χ0) is 7.40. The van der Waals surface area contributed by atoms with Crippen LogP contribution in [0.3, 0.4) is 0 Å². The highest BCUT2D eigenvalue weighted by Crippen LogP contribution is 2.12. The van der Waals surface area contributed by atoms with Gasteiger partial charge >= 0.3 is 0 Å². The summed E-state index contributed by atoms with van der Waals surface area (Å²) in [5.41, 5.74) is 6.61. The van der Waals surface area contributed by atoms with Gasteiger partial charge in [-0.25, -0.2) is 4.79 Å².